The standard InChI is InChI=1S/C12H16N4OS/c17-5-6-18-9-10-1-3-13-12(7-10)14-8-11-2-4-15-16-11/h1-4,7,17H,5-6,8-9H2,(H,13,14)(H,15,16). The van der Waals surface area contributed by atoms with Crippen LogP contribution in [0.25, 0.3) is 0 Å². The number of hydrogen-bond acceptors (Lipinski definition) is 5. The predicted molar refractivity (Wildman–Crippen MR) is 73.4 cm³/mol. The Morgan fingerprint density at radius 3 is 3.06 bits per heavy atom. The Balaban J connectivity index is 1.86. The van der Waals surface area contributed by atoms with Gasteiger partial charge in [0.05, 0.1) is 18.8 Å². The summed E-state index contributed by atoms with van der Waals surface area (Å²) in [6.45, 7) is 0.904. The third-order valence-electron chi connectivity index (χ3n) is 2.35. The summed E-state index contributed by atoms with van der Waals surface area (Å²) in [6, 6.07) is 5.94. The molecule has 2 aromatic heterocycles. The van der Waals surface area contributed by atoms with E-state index in [-0.39, 0.29) is 6.61 Å². The van der Waals surface area contributed by atoms with Gasteiger partial charge < -0.3 is 10.4 Å². The molecule has 2 aromatic rings. The van der Waals surface area contributed by atoms with E-state index in [9.17, 15) is 0 Å². The number of thioether (sulfide) groups is 1. The fraction of sp³-hybridized carbons (Fsp3) is 0.333. The fourth-order valence-electron chi connectivity index (χ4n) is 1.48. The van der Waals surface area contributed by atoms with Gasteiger partial charge in [-0.25, -0.2) is 4.98 Å². The maximum atomic E-state index is 8.73. The summed E-state index contributed by atoms with van der Waals surface area (Å²) in [5.74, 6) is 2.51. The van der Waals surface area contributed by atoms with Crippen molar-refractivity contribution in [1.29, 1.82) is 0 Å². The second-order valence-corrected chi connectivity index (χ2v) is 4.87. The molecule has 0 radical (unpaired) electrons. The Bertz CT molecular complexity index is 461. The van der Waals surface area contributed by atoms with Crippen molar-refractivity contribution < 1.29 is 5.11 Å². The van der Waals surface area contributed by atoms with Gasteiger partial charge in [-0.15, -0.1) is 0 Å². The van der Waals surface area contributed by atoms with Crippen molar-refractivity contribution in [3.05, 3.63) is 41.9 Å². The molecule has 0 atom stereocenters. The van der Waals surface area contributed by atoms with Crippen LogP contribution in [0.2, 0.25) is 0 Å². The number of anilines is 1. The van der Waals surface area contributed by atoms with Gasteiger partial charge in [0.25, 0.3) is 0 Å². The molecule has 0 aromatic carbocycles. The Morgan fingerprint density at radius 2 is 2.28 bits per heavy atom. The molecule has 3 N–H and O–H groups in total. The molecule has 2 heterocycles. The van der Waals surface area contributed by atoms with Gasteiger partial charge in [0.15, 0.2) is 0 Å². The zero-order chi connectivity index (χ0) is 12.6. The molecule has 0 aliphatic rings. The summed E-state index contributed by atoms with van der Waals surface area (Å²) in [5.41, 5.74) is 2.23. The van der Waals surface area contributed by atoms with Gasteiger partial charge in [-0.05, 0) is 23.8 Å². The van der Waals surface area contributed by atoms with Crippen LogP contribution in [0, 0.1) is 0 Å². The molecule has 96 valence electrons. The first-order valence-corrected chi connectivity index (χ1v) is 6.89. The van der Waals surface area contributed by atoms with Crippen molar-refractivity contribution in [1.82, 2.24) is 15.2 Å². The number of aromatic amines is 1. The first kappa shape index (κ1) is 12.9. The second kappa shape index (κ2) is 7.03. The van der Waals surface area contributed by atoms with Gasteiger partial charge in [-0.3, -0.25) is 5.10 Å². The highest BCUT2D eigenvalue weighted by Crippen LogP contribution is 2.14. The largest absolute Gasteiger partial charge is 0.396 e. The van der Waals surface area contributed by atoms with Gasteiger partial charge in [-0.1, -0.05) is 0 Å². The smallest absolute Gasteiger partial charge is 0.126 e. The molecular weight excluding hydrogens is 248 g/mol. The average Bonchev–Trinajstić information content (AvgIpc) is 2.90. The van der Waals surface area contributed by atoms with Crippen LogP contribution in [0.4, 0.5) is 5.82 Å². The van der Waals surface area contributed by atoms with E-state index in [0.717, 1.165) is 23.0 Å². The molecule has 0 bridgehead atoms. The summed E-state index contributed by atoms with van der Waals surface area (Å²) in [4.78, 5) is 4.26. The molecule has 0 fully saturated rings. The Morgan fingerprint density at radius 1 is 1.33 bits per heavy atom. The highest BCUT2D eigenvalue weighted by Gasteiger charge is 1.99. The van der Waals surface area contributed by atoms with E-state index < -0.39 is 0 Å². The molecule has 6 heteroatoms. The molecule has 2 rings (SSSR count). The number of nitrogens with one attached hydrogen (secondary N) is 2. The normalized spacial score (nSPS) is 10.5. The van der Waals surface area contributed by atoms with Crippen LogP contribution in [-0.4, -0.2) is 32.6 Å². The summed E-state index contributed by atoms with van der Waals surface area (Å²) >= 11 is 1.71. The van der Waals surface area contributed by atoms with E-state index in [4.69, 9.17) is 5.11 Å². The molecule has 0 aliphatic carbocycles. The lowest BCUT2D eigenvalue weighted by Crippen LogP contribution is -2.02. The maximum absolute atomic E-state index is 8.73. The number of rotatable bonds is 7. The summed E-state index contributed by atoms with van der Waals surface area (Å²) in [5, 5.41) is 18.8. The fourth-order valence-corrected chi connectivity index (χ4v) is 2.17. The zero-order valence-corrected chi connectivity index (χ0v) is 10.8. The van der Waals surface area contributed by atoms with Crippen molar-refractivity contribution in [2.24, 2.45) is 0 Å². The molecule has 0 saturated heterocycles. The molecule has 18 heavy (non-hydrogen) atoms. The molecular formula is C12H16N4OS. The van der Waals surface area contributed by atoms with Crippen LogP contribution >= 0.6 is 11.8 Å². The SMILES string of the molecule is OCCSCc1ccnc(NCc2ccn[nH]2)c1. The number of aliphatic hydroxyl groups is 1. The number of aromatic nitrogens is 3. The van der Waals surface area contributed by atoms with Crippen LogP contribution < -0.4 is 5.32 Å². The number of nitrogens with zero attached hydrogens (tertiary/aromatic N) is 2. The van der Waals surface area contributed by atoms with E-state index in [1.807, 2.05) is 18.2 Å². The minimum Gasteiger partial charge on any atom is -0.396 e. The van der Waals surface area contributed by atoms with Gasteiger partial charge >= 0.3 is 0 Å². The molecule has 0 aliphatic heterocycles. The summed E-state index contributed by atoms with van der Waals surface area (Å²) < 4.78 is 0. The predicted octanol–water partition coefficient (Wildman–Crippen LogP) is 1.64. The number of hydrogen-bond donors (Lipinski definition) is 3. The highest BCUT2D eigenvalue weighted by atomic mass is 32.2. The minimum atomic E-state index is 0.223. The summed E-state index contributed by atoms with van der Waals surface area (Å²) in [7, 11) is 0. The van der Waals surface area contributed by atoms with Crippen molar-refractivity contribution >= 4 is 17.6 Å². The van der Waals surface area contributed by atoms with Gasteiger partial charge in [0.2, 0.25) is 0 Å². The quantitative estimate of drug-likeness (QED) is 0.663. The summed E-state index contributed by atoms with van der Waals surface area (Å²) in [6.07, 6.45) is 3.52. The van der Waals surface area contributed by atoms with Crippen LogP contribution in [0.15, 0.2) is 30.6 Å². The van der Waals surface area contributed by atoms with Gasteiger partial charge in [-0.2, -0.15) is 16.9 Å². The van der Waals surface area contributed by atoms with Gasteiger partial charge in [0.1, 0.15) is 5.82 Å². The Kier molecular flexibility index (Phi) is 5.04. The van der Waals surface area contributed by atoms with Crippen LogP contribution in [0.1, 0.15) is 11.3 Å². The monoisotopic (exact) mass is 264 g/mol. The van der Waals surface area contributed by atoms with E-state index in [1.54, 1.807) is 24.2 Å². The Hall–Kier alpha value is -1.53. The van der Waals surface area contributed by atoms with Crippen molar-refractivity contribution in [2.45, 2.75) is 12.3 Å². The van der Waals surface area contributed by atoms with Crippen LogP contribution in [-0.2, 0) is 12.3 Å². The number of pyridine rings is 1. The lowest BCUT2D eigenvalue weighted by molar-refractivity contribution is 0.322. The molecule has 0 spiro atoms. The lowest BCUT2D eigenvalue weighted by atomic mass is 10.3. The van der Waals surface area contributed by atoms with Gasteiger partial charge in [0, 0.05) is 23.9 Å². The molecule has 0 amide bonds. The number of H-pyrrole nitrogens is 1. The number of aliphatic hydroxyl groups excluding tert-OH is 1. The first-order chi connectivity index (χ1) is 8.88. The first-order valence-electron chi connectivity index (χ1n) is 5.74. The van der Waals surface area contributed by atoms with Crippen molar-refractivity contribution in [3.8, 4) is 0 Å². The van der Waals surface area contributed by atoms with Crippen molar-refractivity contribution in [2.75, 3.05) is 17.7 Å². The van der Waals surface area contributed by atoms with E-state index in [1.165, 1.54) is 5.56 Å². The maximum Gasteiger partial charge on any atom is 0.126 e. The minimum absolute atomic E-state index is 0.223. The Labute approximate surface area is 110 Å². The van der Waals surface area contributed by atoms with Crippen molar-refractivity contribution in [3.63, 3.8) is 0 Å². The molecule has 0 unspecified atom stereocenters. The highest BCUT2D eigenvalue weighted by molar-refractivity contribution is 7.98. The lowest BCUT2D eigenvalue weighted by Gasteiger charge is -2.06. The topological polar surface area (TPSA) is 73.8 Å². The van der Waals surface area contributed by atoms with Crippen LogP contribution in [0.5, 0.6) is 0 Å². The van der Waals surface area contributed by atoms with E-state index in [0.29, 0.717) is 6.54 Å². The van der Waals surface area contributed by atoms with E-state index >= 15 is 0 Å². The van der Waals surface area contributed by atoms with Crippen LogP contribution in [0.3, 0.4) is 0 Å². The molecule has 0 saturated carbocycles. The third kappa shape index (κ3) is 4.05. The average molecular weight is 264 g/mol. The third-order valence-corrected chi connectivity index (χ3v) is 3.36. The second-order valence-electron chi connectivity index (χ2n) is 3.76. The van der Waals surface area contributed by atoms with E-state index in [2.05, 4.69) is 20.5 Å². The zero-order valence-electron chi connectivity index (χ0n) is 9.97. The molecule has 5 nitrogen and oxygen atoms in total.